The van der Waals surface area contributed by atoms with Gasteiger partial charge in [0.15, 0.2) is 11.6 Å². The highest BCUT2D eigenvalue weighted by Gasteiger charge is 2.30. The zero-order valence-electron chi connectivity index (χ0n) is 15.4. The molecule has 2 aromatic rings. The van der Waals surface area contributed by atoms with Crippen LogP contribution in [0.3, 0.4) is 0 Å². The second-order valence-corrected chi connectivity index (χ2v) is 7.44. The van der Waals surface area contributed by atoms with E-state index in [4.69, 9.17) is 0 Å². The van der Waals surface area contributed by atoms with Crippen LogP contribution >= 0.6 is 0 Å². The van der Waals surface area contributed by atoms with Crippen molar-refractivity contribution in [2.75, 3.05) is 0 Å². The quantitative estimate of drug-likeness (QED) is 0.692. The third-order valence-electron chi connectivity index (χ3n) is 4.13. The van der Waals surface area contributed by atoms with Crippen LogP contribution in [0.15, 0.2) is 48.5 Å². The molecule has 0 aromatic heterocycles. The Kier molecular flexibility index (Phi) is 5.47. The summed E-state index contributed by atoms with van der Waals surface area (Å²) in [5.74, 6) is -0.763. The Labute approximate surface area is 152 Å². The maximum absolute atomic E-state index is 12.8. The van der Waals surface area contributed by atoms with E-state index in [1.165, 1.54) is 52.0 Å². The van der Waals surface area contributed by atoms with Gasteiger partial charge in [0.05, 0.1) is 5.60 Å². The predicted octanol–water partition coefficient (Wildman–Crippen LogP) is 2.68. The van der Waals surface area contributed by atoms with Crippen molar-refractivity contribution >= 4 is 11.6 Å². The minimum Gasteiger partial charge on any atom is -0.387 e. The van der Waals surface area contributed by atoms with Crippen LogP contribution in [0.5, 0.6) is 0 Å². The van der Waals surface area contributed by atoms with Crippen molar-refractivity contribution in [3.8, 4) is 0 Å². The average molecular weight is 356 g/mol. The van der Waals surface area contributed by atoms with Crippen LogP contribution in [0.2, 0.25) is 0 Å². The highest BCUT2D eigenvalue weighted by molar-refractivity contribution is 6.10. The molecule has 0 heterocycles. The summed E-state index contributed by atoms with van der Waals surface area (Å²) in [6, 6.07) is 12.5. The van der Waals surface area contributed by atoms with Crippen LogP contribution in [0.4, 0.5) is 0 Å². The molecule has 0 bridgehead atoms. The number of ketones is 2. The Morgan fingerprint density at radius 1 is 0.846 bits per heavy atom. The molecule has 5 nitrogen and oxygen atoms in total. The summed E-state index contributed by atoms with van der Waals surface area (Å²) in [5.41, 5.74) is -1.63. The topological polar surface area (TPSA) is 94.8 Å². The molecule has 0 aliphatic heterocycles. The van der Waals surface area contributed by atoms with Gasteiger partial charge >= 0.3 is 0 Å². The molecule has 0 amide bonds. The number of Topliss-reactive ketones (excluding diaryl/α,β-unsaturated/α-hetero) is 1. The summed E-state index contributed by atoms with van der Waals surface area (Å²) in [7, 11) is 0. The monoisotopic (exact) mass is 356 g/mol. The summed E-state index contributed by atoms with van der Waals surface area (Å²) < 4.78 is 0. The van der Waals surface area contributed by atoms with Crippen LogP contribution in [0, 0.1) is 0 Å². The third kappa shape index (κ3) is 4.25. The molecule has 0 saturated carbocycles. The van der Waals surface area contributed by atoms with Gasteiger partial charge < -0.3 is 15.3 Å². The van der Waals surface area contributed by atoms with Crippen molar-refractivity contribution in [1.82, 2.24) is 0 Å². The van der Waals surface area contributed by atoms with Gasteiger partial charge in [-0.2, -0.15) is 0 Å². The van der Waals surface area contributed by atoms with Gasteiger partial charge in [-0.15, -0.1) is 0 Å². The highest BCUT2D eigenvalue weighted by Crippen LogP contribution is 2.29. The molecule has 138 valence electrons. The Morgan fingerprint density at radius 3 is 1.85 bits per heavy atom. The summed E-state index contributed by atoms with van der Waals surface area (Å²) in [6.45, 7) is 5.75. The number of rotatable bonds is 6. The number of aliphatic hydroxyl groups excluding tert-OH is 1. The number of benzene rings is 2. The molecule has 2 rings (SSSR count). The first-order valence-electron chi connectivity index (χ1n) is 8.34. The molecule has 3 N–H and O–H groups in total. The summed E-state index contributed by atoms with van der Waals surface area (Å²) >= 11 is 0. The Bertz CT molecular complexity index is 808. The second-order valence-electron chi connectivity index (χ2n) is 7.44. The van der Waals surface area contributed by atoms with Gasteiger partial charge in [-0.25, -0.2) is 0 Å². The van der Waals surface area contributed by atoms with Crippen molar-refractivity contribution in [2.24, 2.45) is 0 Å². The first kappa shape index (κ1) is 20.0. The van der Waals surface area contributed by atoms with Crippen molar-refractivity contribution in [2.45, 2.75) is 45.0 Å². The molecule has 2 aromatic carbocycles. The zero-order valence-corrected chi connectivity index (χ0v) is 15.4. The Balaban J connectivity index is 2.38. The molecule has 0 fully saturated rings. The number of hydrogen-bond donors (Lipinski definition) is 3. The summed E-state index contributed by atoms with van der Waals surface area (Å²) in [6.07, 6.45) is -1.22. The molecule has 0 saturated heterocycles. The SMILES string of the molecule is CC(C)(O)C(=O)c1ccc(C(=O)c2ccccc2C(O)C(C)(C)O)cc1. The van der Waals surface area contributed by atoms with E-state index in [-0.39, 0.29) is 11.3 Å². The van der Waals surface area contributed by atoms with E-state index in [1.54, 1.807) is 24.3 Å². The van der Waals surface area contributed by atoms with Crippen molar-refractivity contribution in [3.63, 3.8) is 0 Å². The third-order valence-corrected chi connectivity index (χ3v) is 4.13. The predicted molar refractivity (Wildman–Crippen MR) is 98.2 cm³/mol. The first-order valence-corrected chi connectivity index (χ1v) is 8.34. The fourth-order valence-corrected chi connectivity index (χ4v) is 2.60. The van der Waals surface area contributed by atoms with E-state index < -0.39 is 23.1 Å². The van der Waals surface area contributed by atoms with Crippen LogP contribution < -0.4 is 0 Å². The van der Waals surface area contributed by atoms with Crippen molar-refractivity contribution in [1.29, 1.82) is 0 Å². The Hall–Kier alpha value is -2.34. The van der Waals surface area contributed by atoms with Crippen LogP contribution in [0.25, 0.3) is 0 Å². The fraction of sp³-hybridized carbons (Fsp3) is 0.333. The lowest BCUT2D eigenvalue weighted by Crippen LogP contribution is -2.31. The molecule has 0 spiro atoms. The highest BCUT2D eigenvalue weighted by atomic mass is 16.3. The van der Waals surface area contributed by atoms with E-state index in [0.717, 1.165) is 0 Å². The molecule has 1 unspecified atom stereocenters. The van der Waals surface area contributed by atoms with E-state index in [9.17, 15) is 24.9 Å². The molecule has 26 heavy (non-hydrogen) atoms. The normalized spacial score (nSPS) is 13.3. The largest absolute Gasteiger partial charge is 0.387 e. The number of carbonyl (C=O) groups excluding carboxylic acids is 2. The van der Waals surface area contributed by atoms with Crippen LogP contribution in [-0.4, -0.2) is 38.1 Å². The summed E-state index contributed by atoms with van der Waals surface area (Å²) in [5, 5.41) is 30.2. The van der Waals surface area contributed by atoms with Gasteiger partial charge in [0.25, 0.3) is 0 Å². The molecule has 0 aliphatic carbocycles. The van der Waals surface area contributed by atoms with Crippen LogP contribution in [-0.2, 0) is 0 Å². The smallest absolute Gasteiger partial charge is 0.193 e. The van der Waals surface area contributed by atoms with Gasteiger partial charge in [-0.05, 0) is 33.3 Å². The molecule has 0 aliphatic rings. The minimum absolute atomic E-state index is 0.281. The van der Waals surface area contributed by atoms with Gasteiger partial charge in [0.1, 0.15) is 11.7 Å². The average Bonchev–Trinajstić information content (AvgIpc) is 2.58. The number of hydrogen-bond acceptors (Lipinski definition) is 5. The molecule has 1 atom stereocenters. The second kappa shape index (κ2) is 7.11. The van der Waals surface area contributed by atoms with Gasteiger partial charge in [0.2, 0.25) is 0 Å². The summed E-state index contributed by atoms with van der Waals surface area (Å²) in [4.78, 5) is 24.9. The van der Waals surface area contributed by atoms with Gasteiger partial charge in [-0.3, -0.25) is 9.59 Å². The zero-order chi connectivity index (χ0) is 19.7. The lowest BCUT2D eigenvalue weighted by atomic mass is 9.88. The van der Waals surface area contributed by atoms with E-state index in [0.29, 0.717) is 16.7 Å². The van der Waals surface area contributed by atoms with E-state index in [1.807, 2.05) is 0 Å². The van der Waals surface area contributed by atoms with Gasteiger partial charge in [0, 0.05) is 16.7 Å². The molecule has 0 radical (unpaired) electrons. The van der Waals surface area contributed by atoms with Crippen molar-refractivity contribution < 1.29 is 24.9 Å². The maximum Gasteiger partial charge on any atom is 0.193 e. The fourth-order valence-electron chi connectivity index (χ4n) is 2.60. The van der Waals surface area contributed by atoms with Crippen LogP contribution in [0.1, 0.15) is 65.6 Å². The molecular weight excluding hydrogens is 332 g/mol. The molecule has 5 heteroatoms. The van der Waals surface area contributed by atoms with Crippen molar-refractivity contribution in [3.05, 3.63) is 70.8 Å². The van der Waals surface area contributed by atoms with E-state index in [2.05, 4.69) is 0 Å². The lowest BCUT2D eigenvalue weighted by molar-refractivity contribution is -0.0498. The minimum atomic E-state index is -1.49. The van der Waals surface area contributed by atoms with Gasteiger partial charge in [-0.1, -0.05) is 48.5 Å². The maximum atomic E-state index is 12.8. The van der Waals surface area contributed by atoms with E-state index >= 15 is 0 Å². The molecular formula is C21H24O5. The first-order chi connectivity index (χ1) is 11.9. The standard InChI is InChI=1S/C21H24O5/c1-20(2,25)18(23)14-11-9-13(10-12-14)17(22)15-7-5-6-8-16(15)19(24)21(3,4)26/h5-12,19,24-26H,1-4H3. The lowest BCUT2D eigenvalue weighted by Gasteiger charge is -2.26. The number of carbonyl (C=O) groups is 2. The Morgan fingerprint density at radius 2 is 1.35 bits per heavy atom. The number of aliphatic hydroxyl groups is 3.